The van der Waals surface area contributed by atoms with E-state index in [0.717, 1.165) is 68.4 Å². The molecule has 1 saturated heterocycles. The molecule has 2 aromatic rings. The zero-order valence-electron chi connectivity index (χ0n) is 17.5. The maximum Gasteiger partial charge on any atom is 0.231 e. The minimum absolute atomic E-state index is 0.0960. The van der Waals surface area contributed by atoms with Crippen molar-refractivity contribution < 1.29 is 19.0 Å². The van der Waals surface area contributed by atoms with Gasteiger partial charge >= 0.3 is 0 Å². The fourth-order valence-electron chi connectivity index (χ4n) is 4.26. The average molecular weight is 441 g/mol. The Morgan fingerprint density at radius 3 is 2.58 bits per heavy atom. The van der Waals surface area contributed by atoms with Gasteiger partial charge in [0.2, 0.25) is 5.78 Å². The minimum Gasteiger partial charge on any atom is -0.477 e. The predicted molar refractivity (Wildman–Crippen MR) is 119 cm³/mol. The van der Waals surface area contributed by atoms with E-state index >= 15 is 0 Å². The summed E-state index contributed by atoms with van der Waals surface area (Å²) in [6.07, 6.45) is 1.76. The summed E-state index contributed by atoms with van der Waals surface area (Å²) >= 11 is 5.96. The number of ketones is 1. The number of benzene rings is 2. The maximum absolute atomic E-state index is 13.0. The second-order valence-corrected chi connectivity index (χ2v) is 8.57. The van der Waals surface area contributed by atoms with E-state index in [2.05, 4.69) is 9.80 Å². The SMILES string of the molecule is Cc1c2c(cc3c1O/C(=C\c1ccc(Cl)cc1)C3=O)CN(CCN1CCOCC1)CO2. The van der Waals surface area contributed by atoms with Gasteiger partial charge in [-0.25, -0.2) is 0 Å². The molecule has 0 saturated carbocycles. The molecule has 0 spiro atoms. The van der Waals surface area contributed by atoms with Gasteiger partial charge in [-0.2, -0.15) is 0 Å². The second kappa shape index (κ2) is 8.63. The third kappa shape index (κ3) is 4.21. The number of ether oxygens (including phenoxy) is 3. The number of halogens is 1. The van der Waals surface area contributed by atoms with Gasteiger partial charge in [-0.1, -0.05) is 23.7 Å². The summed E-state index contributed by atoms with van der Waals surface area (Å²) in [5.41, 5.74) is 3.39. The number of fused-ring (bicyclic) bond motifs is 2. The van der Waals surface area contributed by atoms with Crippen LogP contribution >= 0.6 is 11.6 Å². The van der Waals surface area contributed by atoms with E-state index in [4.69, 9.17) is 25.8 Å². The van der Waals surface area contributed by atoms with Crippen LogP contribution in [0.1, 0.15) is 27.0 Å². The molecule has 0 amide bonds. The van der Waals surface area contributed by atoms with Crippen LogP contribution in [0, 0.1) is 6.92 Å². The Bertz CT molecular complexity index is 1030. The van der Waals surface area contributed by atoms with Crippen LogP contribution < -0.4 is 9.47 Å². The lowest BCUT2D eigenvalue weighted by atomic mass is 10.00. The van der Waals surface area contributed by atoms with Gasteiger partial charge in [0.15, 0.2) is 5.76 Å². The van der Waals surface area contributed by atoms with Crippen LogP contribution in [0.15, 0.2) is 36.1 Å². The lowest BCUT2D eigenvalue weighted by molar-refractivity contribution is 0.0239. The molecule has 2 aromatic carbocycles. The van der Waals surface area contributed by atoms with Crippen molar-refractivity contribution in [1.29, 1.82) is 0 Å². The third-order valence-electron chi connectivity index (χ3n) is 6.01. The van der Waals surface area contributed by atoms with Crippen LogP contribution in [-0.4, -0.2) is 61.7 Å². The molecule has 3 aliphatic heterocycles. The van der Waals surface area contributed by atoms with E-state index in [0.29, 0.717) is 28.8 Å². The normalized spacial score (nSPS) is 20.3. The van der Waals surface area contributed by atoms with Crippen LogP contribution in [0.4, 0.5) is 0 Å². The van der Waals surface area contributed by atoms with Crippen molar-refractivity contribution in [3.05, 3.63) is 63.4 Å². The summed E-state index contributed by atoms with van der Waals surface area (Å²) in [5, 5.41) is 0.656. The van der Waals surface area contributed by atoms with Crippen LogP contribution in [0.25, 0.3) is 6.08 Å². The molecule has 0 N–H and O–H groups in total. The summed E-state index contributed by atoms with van der Waals surface area (Å²) in [6, 6.07) is 9.25. The van der Waals surface area contributed by atoms with Gasteiger partial charge in [0.1, 0.15) is 18.2 Å². The lowest BCUT2D eigenvalue weighted by Gasteiger charge is -2.33. The third-order valence-corrected chi connectivity index (χ3v) is 6.26. The largest absolute Gasteiger partial charge is 0.477 e. The Labute approximate surface area is 186 Å². The van der Waals surface area contributed by atoms with Gasteiger partial charge in [-0.05, 0) is 36.8 Å². The van der Waals surface area contributed by atoms with Crippen LogP contribution in [0.2, 0.25) is 5.02 Å². The van der Waals surface area contributed by atoms with Crippen LogP contribution in [-0.2, 0) is 11.3 Å². The van der Waals surface area contributed by atoms with Crippen molar-refractivity contribution in [1.82, 2.24) is 9.80 Å². The second-order valence-electron chi connectivity index (χ2n) is 8.14. The van der Waals surface area contributed by atoms with E-state index in [1.54, 1.807) is 18.2 Å². The highest BCUT2D eigenvalue weighted by atomic mass is 35.5. The number of Topliss-reactive ketones (excluding diaryl/α,β-unsaturated/α-hetero) is 1. The standard InChI is InChI=1S/C24H25ClN2O4/c1-16-23-18(14-27(15-30-23)7-6-26-8-10-29-11-9-26)13-20-22(28)21(31-24(16)20)12-17-2-4-19(25)5-3-17/h2-5,12-13H,6-11,14-15H2,1H3/b21-12-. The summed E-state index contributed by atoms with van der Waals surface area (Å²) < 4.78 is 17.5. The Balaban J connectivity index is 1.33. The molecule has 7 heteroatoms. The number of hydrogen-bond acceptors (Lipinski definition) is 6. The molecule has 3 heterocycles. The zero-order chi connectivity index (χ0) is 21.4. The quantitative estimate of drug-likeness (QED) is 0.675. The van der Waals surface area contributed by atoms with Crippen molar-refractivity contribution >= 4 is 23.5 Å². The molecule has 3 aliphatic rings. The Kier molecular flexibility index (Phi) is 5.71. The van der Waals surface area contributed by atoms with Crippen molar-refractivity contribution in [2.75, 3.05) is 46.1 Å². The molecule has 0 radical (unpaired) electrons. The topological polar surface area (TPSA) is 51.2 Å². The molecule has 162 valence electrons. The summed E-state index contributed by atoms with van der Waals surface area (Å²) in [5.74, 6) is 1.67. The van der Waals surface area contributed by atoms with E-state index in [9.17, 15) is 4.79 Å². The Morgan fingerprint density at radius 2 is 1.81 bits per heavy atom. The minimum atomic E-state index is -0.0960. The van der Waals surface area contributed by atoms with Crippen LogP contribution in [0.3, 0.4) is 0 Å². The Hall–Kier alpha value is -2.38. The molecule has 0 atom stereocenters. The number of allylic oxidation sites excluding steroid dienone is 1. The van der Waals surface area contributed by atoms with E-state index < -0.39 is 0 Å². The van der Waals surface area contributed by atoms with Crippen molar-refractivity contribution in [3.63, 3.8) is 0 Å². The van der Waals surface area contributed by atoms with Gasteiger partial charge in [-0.3, -0.25) is 14.6 Å². The maximum atomic E-state index is 13.0. The molecule has 1 fully saturated rings. The van der Waals surface area contributed by atoms with Crippen molar-refractivity contribution in [2.24, 2.45) is 0 Å². The highest BCUT2D eigenvalue weighted by molar-refractivity contribution is 6.30. The van der Waals surface area contributed by atoms with Gasteiger partial charge in [0, 0.05) is 48.9 Å². The fourth-order valence-corrected chi connectivity index (χ4v) is 4.38. The number of carbonyl (C=O) groups is 1. The fraction of sp³-hybridized carbons (Fsp3) is 0.375. The Morgan fingerprint density at radius 1 is 1.06 bits per heavy atom. The number of hydrogen-bond donors (Lipinski definition) is 0. The first-order valence-corrected chi connectivity index (χ1v) is 11.0. The number of rotatable bonds is 4. The molecule has 0 aliphatic carbocycles. The average Bonchev–Trinajstić information content (AvgIpc) is 3.10. The predicted octanol–water partition coefficient (Wildman–Crippen LogP) is 3.75. The van der Waals surface area contributed by atoms with Crippen LogP contribution in [0.5, 0.6) is 11.5 Å². The van der Waals surface area contributed by atoms with Gasteiger partial charge in [0.25, 0.3) is 0 Å². The van der Waals surface area contributed by atoms with Gasteiger partial charge in [0.05, 0.1) is 18.8 Å². The summed E-state index contributed by atoms with van der Waals surface area (Å²) in [7, 11) is 0. The highest BCUT2D eigenvalue weighted by Gasteiger charge is 2.33. The first-order valence-electron chi connectivity index (χ1n) is 10.6. The summed E-state index contributed by atoms with van der Waals surface area (Å²) in [4.78, 5) is 17.7. The number of carbonyl (C=O) groups excluding carboxylic acids is 1. The van der Waals surface area contributed by atoms with E-state index in [-0.39, 0.29) is 5.78 Å². The lowest BCUT2D eigenvalue weighted by Crippen LogP contribution is -2.43. The number of nitrogens with zero attached hydrogens (tertiary/aromatic N) is 2. The molecule has 0 bridgehead atoms. The highest BCUT2D eigenvalue weighted by Crippen LogP contribution is 2.43. The van der Waals surface area contributed by atoms with E-state index in [1.807, 2.05) is 25.1 Å². The molecule has 5 rings (SSSR count). The molecule has 0 aromatic heterocycles. The van der Waals surface area contributed by atoms with Gasteiger partial charge in [-0.15, -0.1) is 0 Å². The molecule has 0 unspecified atom stereocenters. The molecule has 31 heavy (non-hydrogen) atoms. The first kappa shape index (κ1) is 20.5. The monoisotopic (exact) mass is 440 g/mol. The molecular formula is C24H25ClN2O4. The smallest absolute Gasteiger partial charge is 0.231 e. The first-order chi connectivity index (χ1) is 15.1. The van der Waals surface area contributed by atoms with Crippen molar-refractivity contribution in [3.8, 4) is 11.5 Å². The summed E-state index contributed by atoms with van der Waals surface area (Å²) in [6.45, 7) is 8.73. The van der Waals surface area contributed by atoms with Gasteiger partial charge < -0.3 is 14.2 Å². The number of morpholine rings is 1. The molecule has 6 nitrogen and oxygen atoms in total. The van der Waals surface area contributed by atoms with Crippen molar-refractivity contribution in [2.45, 2.75) is 13.5 Å². The van der Waals surface area contributed by atoms with E-state index in [1.165, 1.54) is 0 Å². The zero-order valence-corrected chi connectivity index (χ0v) is 18.3. The molecular weight excluding hydrogens is 416 g/mol.